The van der Waals surface area contributed by atoms with E-state index in [1.54, 1.807) is 19.1 Å². The van der Waals surface area contributed by atoms with Crippen LogP contribution in [0.1, 0.15) is 18.5 Å². The minimum atomic E-state index is -2.87. The number of benzene rings is 2. The maximum Gasteiger partial charge on any atom is 0.387 e. The second-order valence-electron chi connectivity index (χ2n) is 4.47. The van der Waals surface area contributed by atoms with Gasteiger partial charge in [0.1, 0.15) is 17.3 Å². The van der Waals surface area contributed by atoms with Crippen LogP contribution in [0, 0.1) is 5.82 Å². The topological polar surface area (TPSA) is 41.5 Å². The predicted octanol–water partition coefficient (Wildman–Crippen LogP) is 4.31. The van der Waals surface area contributed by atoms with Gasteiger partial charge in [-0.25, -0.2) is 4.39 Å². The second kappa shape index (κ2) is 6.39. The van der Waals surface area contributed by atoms with Crippen molar-refractivity contribution in [2.24, 2.45) is 0 Å². The van der Waals surface area contributed by atoms with Crippen molar-refractivity contribution in [3.63, 3.8) is 0 Å². The van der Waals surface area contributed by atoms with Crippen LogP contribution >= 0.6 is 0 Å². The van der Waals surface area contributed by atoms with Gasteiger partial charge in [-0.05, 0) is 49.4 Å². The number of hydrogen-bond acceptors (Lipinski definition) is 3. The van der Waals surface area contributed by atoms with Gasteiger partial charge < -0.3 is 15.2 Å². The van der Waals surface area contributed by atoms with Gasteiger partial charge in [-0.3, -0.25) is 0 Å². The average Bonchev–Trinajstić information content (AvgIpc) is 2.43. The molecule has 2 N–H and O–H groups in total. The zero-order chi connectivity index (χ0) is 15.4. The molecule has 21 heavy (non-hydrogen) atoms. The first-order valence-electron chi connectivity index (χ1n) is 6.25. The lowest BCUT2D eigenvalue weighted by atomic mass is 10.1. The number of phenolic OH excluding ortho intramolecular Hbond substituents is 1. The monoisotopic (exact) mass is 297 g/mol. The van der Waals surface area contributed by atoms with E-state index in [0.29, 0.717) is 11.3 Å². The third kappa shape index (κ3) is 4.05. The molecule has 2 aromatic rings. The van der Waals surface area contributed by atoms with Crippen LogP contribution < -0.4 is 10.1 Å². The van der Waals surface area contributed by atoms with Crippen LogP contribution in [0.4, 0.5) is 18.9 Å². The van der Waals surface area contributed by atoms with E-state index in [4.69, 9.17) is 0 Å². The lowest BCUT2D eigenvalue weighted by molar-refractivity contribution is -0.0498. The molecule has 0 aromatic heterocycles. The number of ether oxygens (including phenoxy) is 1. The second-order valence-corrected chi connectivity index (χ2v) is 4.47. The smallest absolute Gasteiger partial charge is 0.387 e. The molecule has 0 heterocycles. The van der Waals surface area contributed by atoms with Gasteiger partial charge in [0, 0.05) is 11.3 Å². The molecule has 1 unspecified atom stereocenters. The Kier molecular flexibility index (Phi) is 4.57. The van der Waals surface area contributed by atoms with E-state index < -0.39 is 12.4 Å². The maximum absolute atomic E-state index is 13.2. The number of halogens is 3. The molecule has 0 aliphatic heterocycles. The van der Waals surface area contributed by atoms with Crippen molar-refractivity contribution in [1.82, 2.24) is 0 Å². The molecule has 0 aliphatic carbocycles. The summed E-state index contributed by atoms with van der Waals surface area (Å²) in [5.74, 6) is -0.414. The number of anilines is 1. The molecule has 0 spiro atoms. The van der Waals surface area contributed by atoms with Crippen molar-refractivity contribution >= 4 is 5.69 Å². The minimum Gasteiger partial charge on any atom is -0.508 e. The average molecular weight is 297 g/mol. The largest absolute Gasteiger partial charge is 0.508 e. The fourth-order valence-corrected chi connectivity index (χ4v) is 1.93. The predicted molar refractivity (Wildman–Crippen MR) is 73.2 cm³/mol. The van der Waals surface area contributed by atoms with Crippen LogP contribution in [-0.4, -0.2) is 11.7 Å². The molecule has 2 rings (SSSR count). The van der Waals surface area contributed by atoms with E-state index in [1.165, 1.54) is 30.3 Å². The number of alkyl halides is 2. The molecular weight excluding hydrogens is 283 g/mol. The Hall–Kier alpha value is -2.37. The lowest BCUT2D eigenvalue weighted by Gasteiger charge is -2.17. The van der Waals surface area contributed by atoms with E-state index >= 15 is 0 Å². The number of aromatic hydroxyl groups is 1. The highest BCUT2D eigenvalue weighted by atomic mass is 19.3. The van der Waals surface area contributed by atoms with Crippen LogP contribution in [0.5, 0.6) is 11.5 Å². The lowest BCUT2D eigenvalue weighted by Crippen LogP contribution is -2.07. The summed E-state index contributed by atoms with van der Waals surface area (Å²) >= 11 is 0. The summed E-state index contributed by atoms with van der Waals surface area (Å²) in [6.07, 6.45) is 0. The molecule has 112 valence electrons. The van der Waals surface area contributed by atoms with Crippen molar-refractivity contribution in [3.05, 3.63) is 53.8 Å². The highest BCUT2D eigenvalue weighted by Crippen LogP contribution is 2.28. The van der Waals surface area contributed by atoms with E-state index in [9.17, 15) is 18.3 Å². The molecule has 6 heteroatoms. The number of phenols is 1. The summed E-state index contributed by atoms with van der Waals surface area (Å²) in [5, 5.41) is 12.8. The first kappa shape index (κ1) is 15.0. The molecule has 0 aliphatic rings. The quantitative estimate of drug-likeness (QED) is 0.864. The van der Waals surface area contributed by atoms with Crippen molar-refractivity contribution < 1.29 is 23.0 Å². The van der Waals surface area contributed by atoms with Gasteiger partial charge in [-0.1, -0.05) is 0 Å². The Morgan fingerprint density at radius 2 is 1.76 bits per heavy atom. The molecule has 0 amide bonds. The third-order valence-corrected chi connectivity index (χ3v) is 2.92. The number of hydrogen-bond donors (Lipinski definition) is 2. The van der Waals surface area contributed by atoms with Gasteiger partial charge >= 0.3 is 6.61 Å². The van der Waals surface area contributed by atoms with E-state index in [2.05, 4.69) is 10.1 Å². The zero-order valence-electron chi connectivity index (χ0n) is 11.2. The normalized spacial score (nSPS) is 12.2. The van der Waals surface area contributed by atoms with Gasteiger partial charge in [0.25, 0.3) is 0 Å². The van der Waals surface area contributed by atoms with Crippen LogP contribution in [0.3, 0.4) is 0 Å². The van der Waals surface area contributed by atoms with E-state index in [0.717, 1.165) is 0 Å². The molecule has 1 atom stereocenters. The summed E-state index contributed by atoms with van der Waals surface area (Å²) in [6.45, 7) is -1.12. The molecular formula is C15H14F3NO2. The summed E-state index contributed by atoms with van der Waals surface area (Å²) in [6, 6.07) is 9.24. The highest BCUT2D eigenvalue weighted by molar-refractivity contribution is 5.49. The van der Waals surface area contributed by atoms with Gasteiger partial charge in [0.2, 0.25) is 0 Å². The zero-order valence-corrected chi connectivity index (χ0v) is 11.2. The van der Waals surface area contributed by atoms with Crippen LogP contribution in [0.25, 0.3) is 0 Å². The minimum absolute atomic E-state index is 0.0194. The Labute approximate surface area is 120 Å². The van der Waals surface area contributed by atoms with E-state index in [-0.39, 0.29) is 17.5 Å². The summed E-state index contributed by atoms with van der Waals surface area (Å²) in [7, 11) is 0. The Bertz CT molecular complexity index is 602. The summed E-state index contributed by atoms with van der Waals surface area (Å²) in [4.78, 5) is 0. The van der Waals surface area contributed by atoms with Crippen molar-refractivity contribution in [2.75, 3.05) is 5.32 Å². The fourth-order valence-electron chi connectivity index (χ4n) is 1.93. The third-order valence-electron chi connectivity index (χ3n) is 2.92. The van der Waals surface area contributed by atoms with Gasteiger partial charge in [0.15, 0.2) is 0 Å². The van der Waals surface area contributed by atoms with Crippen molar-refractivity contribution in [1.29, 1.82) is 0 Å². The fraction of sp³-hybridized carbons (Fsp3) is 0.200. The maximum atomic E-state index is 13.2. The Balaban J connectivity index is 2.08. The van der Waals surface area contributed by atoms with E-state index in [1.807, 2.05) is 0 Å². The first-order valence-corrected chi connectivity index (χ1v) is 6.25. The van der Waals surface area contributed by atoms with Crippen LogP contribution in [-0.2, 0) is 0 Å². The van der Waals surface area contributed by atoms with Crippen LogP contribution in [0.15, 0.2) is 42.5 Å². The molecule has 0 fully saturated rings. The highest BCUT2D eigenvalue weighted by Gasteiger charge is 2.12. The Morgan fingerprint density at radius 1 is 1.10 bits per heavy atom. The van der Waals surface area contributed by atoms with Crippen LogP contribution in [0.2, 0.25) is 0 Å². The standard InChI is InChI=1S/C15H14F3NO2/c1-9(13-8-10(16)2-7-14(13)20)19-11-3-5-12(6-4-11)21-15(17)18/h2-9,15,19-20H,1H3. The number of rotatable bonds is 5. The Morgan fingerprint density at radius 3 is 2.38 bits per heavy atom. The van der Waals surface area contributed by atoms with Crippen molar-refractivity contribution in [3.8, 4) is 11.5 Å². The van der Waals surface area contributed by atoms with Gasteiger partial charge in [-0.2, -0.15) is 8.78 Å². The molecule has 0 bridgehead atoms. The van der Waals surface area contributed by atoms with Crippen molar-refractivity contribution in [2.45, 2.75) is 19.6 Å². The molecule has 3 nitrogen and oxygen atoms in total. The molecule has 0 saturated carbocycles. The van der Waals surface area contributed by atoms with Gasteiger partial charge in [-0.15, -0.1) is 0 Å². The molecule has 0 saturated heterocycles. The SMILES string of the molecule is CC(Nc1ccc(OC(F)F)cc1)c1cc(F)ccc1O. The molecule has 2 aromatic carbocycles. The van der Waals surface area contributed by atoms with Gasteiger partial charge in [0.05, 0.1) is 6.04 Å². The first-order chi connectivity index (χ1) is 9.95. The summed E-state index contributed by atoms with van der Waals surface area (Å²) in [5.41, 5.74) is 1.04. The molecule has 0 radical (unpaired) electrons. The summed E-state index contributed by atoms with van der Waals surface area (Å²) < 4.78 is 41.5. The number of nitrogens with one attached hydrogen (secondary N) is 1.